The maximum atomic E-state index is 12.7. The summed E-state index contributed by atoms with van der Waals surface area (Å²) in [5.41, 5.74) is 3.06. The fourth-order valence-electron chi connectivity index (χ4n) is 9.43. The SMILES string of the molecule is C=C(C)[C@H]1C[C@H]2CC[C@@]3(C)[C@@](O)(CC[C@H]4Cc5c([nH]c6ccccc56)[C@@]43C)[C@]23O[C@@H]3[C@H]1O. The number of fused-ring (bicyclic) bond motifs is 7. The highest BCUT2D eigenvalue weighted by Crippen LogP contribution is 2.76. The quantitative estimate of drug-likeness (QED) is 0.454. The summed E-state index contributed by atoms with van der Waals surface area (Å²) in [6.45, 7) is 10.9. The molecule has 4 aliphatic carbocycles. The van der Waals surface area contributed by atoms with Crippen LogP contribution >= 0.6 is 0 Å². The minimum absolute atomic E-state index is 0.0762. The van der Waals surface area contributed by atoms with Crippen molar-refractivity contribution in [2.24, 2.45) is 23.2 Å². The summed E-state index contributed by atoms with van der Waals surface area (Å²) in [6.07, 6.45) is 4.94. The van der Waals surface area contributed by atoms with Crippen LogP contribution in [-0.2, 0) is 16.6 Å². The van der Waals surface area contributed by atoms with Crippen molar-refractivity contribution < 1.29 is 14.9 Å². The Morgan fingerprint density at radius 1 is 1.16 bits per heavy atom. The molecule has 0 unspecified atom stereocenters. The molecule has 4 heteroatoms. The largest absolute Gasteiger partial charge is 0.390 e. The van der Waals surface area contributed by atoms with Gasteiger partial charge in [-0.15, -0.1) is 0 Å². The summed E-state index contributed by atoms with van der Waals surface area (Å²) in [7, 11) is 0. The number of rotatable bonds is 1. The third kappa shape index (κ3) is 1.85. The van der Waals surface area contributed by atoms with Gasteiger partial charge in [0.15, 0.2) is 0 Å². The van der Waals surface area contributed by atoms with Crippen molar-refractivity contribution in [2.75, 3.05) is 0 Å². The van der Waals surface area contributed by atoms with Gasteiger partial charge in [0.05, 0.1) is 6.10 Å². The number of benzene rings is 1. The zero-order valence-electron chi connectivity index (χ0n) is 19.4. The molecule has 1 aromatic heterocycles. The number of nitrogens with one attached hydrogen (secondary N) is 1. The summed E-state index contributed by atoms with van der Waals surface area (Å²) in [5.74, 6) is 0.896. The number of H-pyrrole nitrogens is 1. The van der Waals surface area contributed by atoms with E-state index in [0.717, 1.165) is 44.1 Å². The van der Waals surface area contributed by atoms with E-state index in [4.69, 9.17) is 4.74 Å². The van der Waals surface area contributed by atoms with E-state index < -0.39 is 17.3 Å². The van der Waals surface area contributed by atoms with Gasteiger partial charge in [-0.25, -0.2) is 0 Å². The first-order valence-corrected chi connectivity index (χ1v) is 12.5. The van der Waals surface area contributed by atoms with Crippen molar-refractivity contribution in [1.29, 1.82) is 0 Å². The van der Waals surface area contributed by atoms with Gasteiger partial charge in [0.2, 0.25) is 0 Å². The van der Waals surface area contributed by atoms with Crippen LogP contribution in [0.25, 0.3) is 10.9 Å². The minimum Gasteiger partial charge on any atom is -0.390 e. The second kappa shape index (κ2) is 5.71. The number of aliphatic hydroxyl groups is 2. The third-order valence-electron chi connectivity index (χ3n) is 11.3. The highest BCUT2D eigenvalue weighted by molar-refractivity contribution is 5.86. The number of aromatic amines is 1. The summed E-state index contributed by atoms with van der Waals surface area (Å²) in [5, 5.41) is 25.2. The smallest absolute Gasteiger partial charge is 0.129 e. The predicted molar refractivity (Wildman–Crippen MR) is 124 cm³/mol. The van der Waals surface area contributed by atoms with Crippen molar-refractivity contribution in [3.8, 4) is 0 Å². The summed E-state index contributed by atoms with van der Waals surface area (Å²) in [6, 6.07) is 8.65. The second-order valence-electron chi connectivity index (χ2n) is 12.1. The van der Waals surface area contributed by atoms with Gasteiger partial charge in [0.1, 0.15) is 17.3 Å². The molecule has 1 aromatic carbocycles. The van der Waals surface area contributed by atoms with Gasteiger partial charge < -0.3 is 19.9 Å². The van der Waals surface area contributed by atoms with Crippen LogP contribution in [0.4, 0.5) is 0 Å². The number of hydrogen-bond acceptors (Lipinski definition) is 3. The van der Waals surface area contributed by atoms with E-state index >= 15 is 0 Å². The minimum atomic E-state index is -0.932. The van der Waals surface area contributed by atoms with E-state index in [2.05, 4.69) is 49.7 Å². The molecule has 5 aliphatic rings. The Balaban J connectivity index is 1.38. The standard InChI is InChI=1S/C28H35NO3/c1-15(2)19-14-17-9-11-25(3)26(4)16(10-12-27(25,31)28(17)24(32-28)22(19)30)13-20-18-7-5-6-8-21(18)29-23(20)26/h5-8,16-17,19,22,24,29-31H,1,9-14H2,2-4H3/t16-,17+,19+,22-,24+,25+,26+,27-,28-/m0/s1. The van der Waals surface area contributed by atoms with E-state index in [0.29, 0.717) is 11.8 Å². The van der Waals surface area contributed by atoms with Crippen molar-refractivity contribution in [3.05, 3.63) is 47.7 Å². The lowest BCUT2D eigenvalue weighted by Crippen LogP contribution is -2.74. The first-order valence-electron chi connectivity index (χ1n) is 12.5. The second-order valence-corrected chi connectivity index (χ2v) is 12.1. The van der Waals surface area contributed by atoms with Gasteiger partial charge in [-0.2, -0.15) is 0 Å². The molecule has 0 bridgehead atoms. The molecule has 2 heterocycles. The Morgan fingerprint density at radius 2 is 1.91 bits per heavy atom. The average molecular weight is 434 g/mol. The van der Waals surface area contributed by atoms with Crippen LogP contribution in [0.1, 0.15) is 64.1 Å². The monoisotopic (exact) mass is 433 g/mol. The molecule has 3 N–H and O–H groups in total. The van der Waals surface area contributed by atoms with Gasteiger partial charge >= 0.3 is 0 Å². The zero-order chi connectivity index (χ0) is 22.3. The molecule has 1 spiro atoms. The molecule has 0 amide bonds. The number of aromatic nitrogens is 1. The van der Waals surface area contributed by atoms with Gasteiger partial charge in [0, 0.05) is 33.3 Å². The lowest BCUT2D eigenvalue weighted by atomic mass is 9.39. The van der Waals surface area contributed by atoms with Crippen molar-refractivity contribution in [3.63, 3.8) is 0 Å². The van der Waals surface area contributed by atoms with Gasteiger partial charge in [-0.05, 0) is 68.9 Å². The molecular weight excluding hydrogens is 398 g/mol. The van der Waals surface area contributed by atoms with Crippen LogP contribution in [0.5, 0.6) is 0 Å². The molecule has 2 aromatic rings. The van der Waals surface area contributed by atoms with Gasteiger partial charge in [0.25, 0.3) is 0 Å². The molecule has 7 rings (SSSR count). The molecule has 3 saturated carbocycles. The molecule has 4 fully saturated rings. The number of hydrogen-bond donors (Lipinski definition) is 3. The topological polar surface area (TPSA) is 68.8 Å². The number of epoxide rings is 1. The fraction of sp³-hybridized carbons (Fsp3) is 0.643. The maximum Gasteiger partial charge on any atom is 0.129 e. The van der Waals surface area contributed by atoms with E-state index in [1.807, 2.05) is 6.92 Å². The van der Waals surface area contributed by atoms with Crippen LogP contribution in [0, 0.1) is 23.2 Å². The number of ether oxygens (including phenoxy) is 1. The van der Waals surface area contributed by atoms with Gasteiger partial charge in [-0.3, -0.25) is 0 Å². The van der Waals surface area contributed by atoms with Crippen molar-refractivity contribution in [1.82, 2.24) is 4.98 Å². The third-order valence-corrected chi connectivity index (χ3v) is 11.3. The molecule has 1 saturated heterocycles. The number of aliphatic hydroxyl groups excluding tert-OH is 1. The Kier molecular flexibility index (Phi) is 3.54. The van der Waals surface area contributed by atoms with E-state index in [9.17, 15) is 10.2 Å². The Hall–Kier alpha value is -1.62. The van der Waals surface area contributed by atoms with Crippen LogP contribution < -0.4 is 0 Å². The highest BCUT2D eigenvalue weighted by atomic mass is 16.6. The Morgan fingerprint density at radius 3 is 2.69 bits per heavy atom. The van der Waals surface area contributed by atoms with Crippen LogP contribution in [-0.4, -0.2) is 38.6 Å². The normalized spacial score (nSPS) is 50.7. The predicted octanol–water partition coefficient (Wildman–Crippen LogP) is 4.63. The van der Waals surface area contributed by atoms with E-state index in [-0.39, 0.29) is 22.9 Å². The molecule has 9 atom stereocenters. The molecule has 4 nitrogen and oxygen atoms in total. The number of para-hydroxylation sites is 1. The highest BCUT2D eigenvalue weighted by Gasteiger charge is 2.85. The maximum absolute atomic E-state index is 12.7. The lowest BCUT2D eigenvalue weighted by molar-refractivity contribution is -0.239. The average Bonchev–Trinajstić information content (AvgIpc) is 3.34. The Labute approximate surface area is 190 Å². The zero-order valence-corrected chi connectivity index (χ0v) is 19.4. The fourth-order valence-corrected chi connectivity index (χ4v) is 9.43. The van der Waals surface area contributed by atoms with Crippen LogP contribution in [0.2, 0.25) is 0 Å². The van der Waals surface area contributed by atoms with E-state index in [1.165, 1.54) is 22.2 Å². The van der Waals surface area contributed by atoms with E-state index in [1.54, 1.807) is 0 Å². The molecule has 32 heavy (non-hydrogen) atoms. The Bertz CT molecular complexity index is 1170. The van der Waals surface area contributed by atoms with Gasteiger partial charge in [-0.1, -0.05) is 44.2 Å². The summed E-state index contributed by atoms with van der Waals surface area (Å²) >= 11 is 0. The first kappa shape index (κ1) is 19.8. The summed E-state index contributed by atoms with van der Waals surface area (Å²) < 4.78 is 6.49. The van der Waals surface area contributed by atoms with Crippen LogP contribution in [0.3, 0.4) is 0 Å². The van der Waals surface area contributed by atoms with Crippen LogP contribution in [0.15, 0.2) is 36.4 Å². The molecule has 1 aliphatic heterocycles. The molecule has 170 valence electrons. The summed E-state index contributed by atoms with van der Waals surface area (Å²) in [4.78, 5) is 3.81. The van der Waals surface area contributed by atoms with Crippen molar-refractivity contribution >= 4 is 10.9 Å². The molecule has 0 radical (unpaired) electrons. The van der Waals surface area contributed by atoms with Crippen molar-refractivity contribution in [2.45, 2.75) is 88.1 Å². The lowest BCUT2D eigenvalue weighted by Gasteiger charge is -2.66. The first-order chi connectivity index (χ1) is 15.2. The molecular formula is C28H35NO3.